The monoisotopic (exact) mass is 590 g/mol. The number of hydrogen-bond acceptors (Lipinski definition) is 11. The van der Waals surface area contributed by atoms with Crippen LogP contribution in [-0.2, 0) is 14.8 Å². The standard InChI is InChI=1S/C26H22N8O3S3/c1-14-11-15(2)31-26(30-14)34-40(36,37)18-8-6-17(7-9-18)32-24(35)16(3)39-25-20(13-28)22(21-5-4-10-38-21)19(12-27)23(29)33-25/h4-11,16H,1-3H3,(H2,29,33)(H,32,35)(H,30,31,34). The molecule has 3 aromatic heterocycles. The van der Waals surface area contributed by atoms with E-state index in [9.17, 15) is 23.7 Å². The highest BCUT2D eigenvalue weighted by Gasteiger charge is 2.25. The second-order valence-electron chi connectivity index (χ2n) is 8.48. The first-order chi connectivity index (χ1) is 19.0. The zero-order valence-electron chi connectivity index (χ0n) is 21.5. The van der Waals surface area contributed by atoms with E-state index >= 15 is 0 Å². The first-order valence-corrected chi connectivity index (χ1v) is 14.9. The van der Waals surface area contributed by atoms with Crippen LogP contribution in [0, 0.1) is 36.5 Å². The van der Waals surface area contributed by atoms with Gasteiger partial charge in [-0.1, -0.05) is 17.8 Å². The fraction of sp³-hybridized carbons (Fsp3) is 0.154. The summed E-state index contributed by atoms with van der Waals surface area (Å²) in [6, 6.07) is 15.0. The summed E-state index contributed by atoms with van der Waals surface area (Å²) < 4.78 is 27.9. The number of nitrogens with zero attached hydrogens (tertiary/aromatic N) is 5. The Kier molecular flexibility index (Phi) is 8.35. The van der Waals surface area contributed by atoms with Crippen LogP contribution in [0.15, 0.2) is 57.8 Å². The van der Waals surface area contributed by atoms with Gasteiger partial charge in [0.15, 0.2) is 0 Å². The van der Waals surface area contributed by atoms with E-state index in [2.05, 4.69) is 31.1 Å². The average molecular weight is 591 g/mol. The molecule has 0 saturated carbocycles. The van der Waals surface area contributed by atoms with Crippen LogP contribution < -0.4 is 15.8 Å². The van der Waals surface area contributed by atoms with Crippen molar-refractivity contribution in [2.24, 2.45) is 0 Å². The molecule has 11 nitrogen and oxygen atoms in total. The molecule has 4 aromatic rings. The number of carbonyl (C=O) groups is 1. The van der Waals surface area contributed by atoms with Crippen LogP contribution in [0.1, 0.15) is 29.4 Å². The van der Waals surface area contributed by atoms with Gasteiger partial charge in [0.05, 0.1) is 15.7 Å². The normalized spacial score (nSPS) is 11.7. The van der Waals surface area contributed by atoms with Crippen molar-refractivity contribution in [3.63, 3.8) is 0 Å². The number of anilines is 3. The molecule has 0 spiro atoms. The maximum atomic E-state index is 13.0. The molecule has 0 radical (unpaired) electrons. The van der Waals surface area contributed by atoms with Crippen molar-refractivity contribution in [3.8, 4) is 22.6 Å². The smallest absolute Gasteiger partial charge is 0.264 e. The van der Waals surface area contributed by atoms with Gasteiger partial charge in [0, 0.05) is 27.5 Å². The predicted molar refractivity (Wildman–Crippen MR) is 154 cm³/mol. The molecule has 14 heteroatoms. The molecule has 0 bridgehead atoms. The van der Waals surface area contributed by atoms with Crippen LogP contribution >= 0.6 is 23.1 Å². The molecular weight excluding hydrogens is 569 g/mol. The summed E-state index contributed by atoms with van der Waals surface area (Å²) in [5.74, 6) is -0.470. The molecule has 0 saturated heterocycles. The highest BCUT2D eigenvalue weighted by atomic mass is 32.2. The van der Waals surface area contributed by atoms with Crippen molar-refractivity contribution in [2.45, 2.75) is 35.9 Å². The SMILES string of the molecule is Cc1cc(C)nc(NS(=O)(=O)c2ccc(NC(=O)C(C)Sc3nc(N)c(C#N)c(-c4cccs4)c3C#N)cc2)n1. The van der Waals surface area contributed by atoms with Crippen LogP contribution in [0.3, 0.4) is 0 Å². The van der Waals surface area contributed by atoms with Crippen molar-refractivity contribution < 1.29 is 13.2 Å². The number of amides is 1. The number of sulfonamides is 1. The van der Waals surface area contributed by atoms with Crippen molar-refractivity contribution in [1.29, 1.82) is 10.5 Å². The molecule has 0 aliphatic heterocycles. The number of hydrogen-bond donors (Lipinski definition) is 3. The summed E-state index contributed by atoms with van der Waals surface area (Å²) in [5, 5.41) is 23.6. The Bertz CT molecular complexity index is 1760. The minimum atomic E-state index is -3.95. The number of benzene rings is 1. The molecule has 4 rings (SSSR count). The zero-order valence-corrected chi connectivity index (χ0v) is 23.9. The zero-order chi connectivity index (χ0) is 29.0. The van der Waals surface area contributed by atoms with Crippen LogP contribution in [0.5, 0.6) is 0 Å². The second kappa shape index (κ2) is 11.7. The van der Waals surface area contributed by atoms with Gasteiger partial charge in [0.25, 0.3) is 10.0 Å². The maximum absolute atomic E-state index is 13.0. The molecule has 202 valence electrons. The van der Waals surface area contributed by atoms with E-state index < -0.39 is 21.2 Å². The molecule has 3 heterocycles. The van der Waals surface area contributed by atoms with E-state index in [-0.39, 0.29) is 32.8 Å². The van der Waals surface area contributed by atoms with Crippen LogP contribution in [0.4, 0.5) is 17.5 Å². The van der Waals surface area contributed by atoms with Gasteiger partial charge >= 0.3 is 0 Å². The fourth-order valence-corrected chi connectivity index (χ4v) is 6.33. The Morgan fingerprint density at radius 1 is 1.05 bits per heavy atom. The van der Waals surface area contributed by atoms with Crippen LogP contribution in [0.2, 0.25) is 0 Å². The van der Waals surface area contributed by atoms with Gasteiger partial charge in [-0.15, -0.1) is 11.3 Å². The molecule has 0 fully saturated rings. The Hall–Kier alpha value is -4.50. The maximum Gasteiger partial charge on any atom is 0.264 e. The largest absolute Gasteiger partial charge is 0.383 e. The Balaban J connectivity index is 1.50. The molecule has 4 N–H and O–H groups in total. The number of nitriles is 2. The number of aryl methyl sites for hydroxylation is 2. The second-order valence-corrected chi connectivity index (χ2v) is 12.4. The minimum Gasteiger partial charge on any atom is -0.383 e. The van der Waals surface area contributed by atoms with Crippen LogP contribution in [-0.4, -0.2) is 34.5 Å². The van der Waals surface area contributed by atoms with Crippen molar-refractivity contribution in [2.75, 3.05) is 15.8 Å². The number of thiophene rings is 1. The molecular formula is C26H22N8O3S3. The van der Waals surface area contributed by atoms with Gasteiger partial charge in [-0.25, -0.2) is 28.1 Å². The lowest BCUT2D eigenvalue weighted by Crippen LogP contribution is -2.23. The molecule has 1 unspecified atom stereocenters. The summed E-state index contributed by atoms with van der Waals surface area (Å²) in [6.07, 6.45) is 0. The Labute approximate surface area is 239 Å². The molecule has 0 aliphatic rings. The first kappa shape index (κ1) is 28.5. The lowest BCUT2D eigenvalue weighted by molar-refractivity contribution is -0.115. The Morgan fingerprint density at radius 3 is 2.27 bits per heavy atom. The summed E-state index contributed by atoms with van der Waals surface area (Å²) in [6.45, 7) is 5.10. The molecule has 1 amide bonds. The first-order valence-electron chi connectivity index (χ1n) is 11.6. The number of carbonyl (C=O) groups excluding carboxylic acids is 1. The summed E-state index contributed by atoms with van der Waals surface area (Å²) in [7, 11) is -3.95. The van der Waals surface area contributed by atoms with Crippen LogP contribution in [0.25, 0.3) is 10.4 Å². The van der Waals surface area contributed by atoms with E-state index in [1.54, 1.807) is 39.0 Å². The number of nitrogens with one attached hydrogen (secondary N) is 2. The summed E-state index contributed by atoms with van der Waals surface area (Å²) in [4.78, 5) is 26.0. The highest BCUT2D eigenvalue weighted by Crippen LogP contribution is 2.38. The van der Waals surface area contributed by atoms with Crippen molar-refractivity contribution in [1.82, 2.24) is 15.0 Å². The molecule has 1 aromatic carbocycles. The van der Waals surface area contributed by atoms with E-state index in [1.807, 2.05) is 11.4 Å². The highest BCUT2D eigenvalue weighted by molar-refractivity contribution is 8.00. The summed E-state index contributed by atoms with van der Waals surface area (Å²) in [5.41, 5.74) is 8.30. The fourth-order valence-electron chi connectivity index (χ4n) is 3.68. The number of rotatable bonds is 8. The van der Waals surface area contributed by atoms with E-state index in [0.717, 1.165) is 11.8 Å². The number of nitrogens with two attached hydrogens (primary N) is 1. The minimum absolute atomic E-state index is 0.0308. The number of nitrogen functional groups attached to an aromatic ring is 1. The van der Waals surface area contributed by atoms with Crippen molar-refractivity contribution in [3.05, 3.63) is 70.4 Å². The predicted octanol–water partition coefficient (Wildman–Crippen LogP) is 4.46. The third kappa shape index (κ3) is 6.21. The third-order valence-corrected chi connectivity index (χ3v) is 8.80. The van der Waals surface area contributed by atoms with E-state index in [4.69, 9.17) is 5.73 Å². The number of thioether (sulfide) groups is 1. The van der Waals surface area contributed by atoms with Gasteiger partial charge in [0.1, 0.15) is 28.5 Å². The summed E-state index contributed by atoms with van der Waals surface area (Å²) >= 11 is 2.38. The lowest BCUT2D eigenvalue weighted by atomic mass is 10.0. The topological polar surface area (TPSA) is 188 Å². The lowest BCUT2D eigenvalue weighted by Gasteiger charge is -2.15. The number of pyridine rings is 1. The molecule has 1 atom stereocenters. The van der Waals surface area contributed by atoms with Gasteiger partial charge < -0.3 is 11.1 Å². The van der Waals surface area contributed by atoms with Crippen molar-refractivity contribution >= 4 is 56.5 Å². The average Bonchev–Trinajstić information content (AvgIpc) is 3.42. The third-order valence-electron chi connectivity index (χ3n) is 5.48. The van der Waals surface area contributed by atoms with E-state index in [1.165, 1.54) is 35.6 Å². The Morgan fingerprint density at radius 2 is 1.70 bits per heavy atom. The quantitative estimate of drug-likeness (QED) is 0.247. The molecule has 0 aliphatic carbocycles. The molecule has 40 heavy (non-hydrogen) atoms. The van der Waals surface area contributed by atoms with Gasteiger partial charge in [-0.3, -0.25) is 4.79 Å². The van der Waals surface area contributed by atoms with E-state index in [0.29, 0.717) is 27.5 Å². The number of aromatic nitrogens is 3. The van der Waals surface area contributed by atoms with Gasteiger partial charge in [-0.2, -0.15) is 10.5 Å². The van der Waals surface area contributed by atoms with Gasteiger partial charge in [0.2, 0.25) is 11.9 Å². The van der Waals surface area contributed by atoms with Gasteiger partial charge in [-0.05, 0) is 62.5 Å².